The summed E-state index contributed by atoms with van der Waals surface area (Å²) in [7, 11) is 1.51. The topological polar surface area (TPSA) is 77.0 Å². The predicted molar refractivity (Wildman–Crippen MR) is 136 cm³/mol. The number of nitrogens with one attached hydrogen (secondary N) is 1. The van der Waals surface area contributed by atoms with Crippen LogP contribution < -0.4 is 14.8 Å². The molecule has 0 aliphatic carbocycles. The average Bonchev–Trinajstić information content (AvgIpc) is 3.39. The van der Waals surface area contributed by atoms with Gasteiger partial charge in [0.1, 0.15) is 17.3 Å². The molecule has 0 aromatic heterocycles. The van der Waals surface area contributed by atoms with Gasteiger partial charge in [0.05, 0.1) is 0 Å². The molecule has 2 atom stereocenters. The van der Waals surface area contributed by atoms with Gasteiger partial charge in [-0.1, -0.05) is 78.9 Å². The van der Waals surface area contributed by atoms with Crippen molar-refractivity contribution in [3.05, 3.63) is 119 Å². The van der Waals surface area contributed by atoms with E-state index in [0.29, 0.717) is 11.3 Å². The van der Waals surface area contributed by atoms with Gasteiger partial charge in [0.25, 0.3) is 0 Å². The number of benzene rings is 4. The van der Waals surface area contributed by atoms with Crippen molar-refractivity contribution >= 4 is 11.6 Å². The standard InChI is InChI=1S/C30H25NO5/c1-34-18-35-26-17-25-22(16-24(26)32)30(21-14-8-9-15-23(21)31-29(30)33)28(36-25)27(19-10-4-2-5-11-19)20-12-6-3-7-13-20/h2-17,27-28,32H,18H2,1H3,(H,31,33)/t28-,30?/m1/s1. The van der Waals surface area contributed by atoms with Crippen molar-refractivity contribution in [1.29, 1.82) is 0 Å². The molecule has 2 aliphatic heterocycles. The van der Waals surface area contributed by atoms with Crippen molar-refractivity contribution in [2.45, 2.75) is 17.4 Å². The molecule has 2 heterocycles. The molecule has 4 aromatic rings. The molecule has 4 aromatic carbocycles. The molecular formula is C30H25NO5. The summed E-state index contributed by atoms with van der Waals surface area (Å²) in [6, 6.07) is 31.0. The first kappa shape index (κ1) is 22.2. The molecule has 2 aliphatic rings. The third kappa shape index (κ3) is 3.26. The van der Waals surface area contributed by atoms with Crippen molar-refractivity contribution in [3.63, 3.8) is 0 Å². The summed E-state index contributed by atoms with van der Waals surface area (Å²) in [5, 5.41) is 13.9. The SMILES string of the molecule is COCOc1cc2c(cc1O)C1(C(=O)Nc3ccccc31)[C@@H](C(c1ccccc1)c1ccccc1)O2. The van der Waals surface area contributed by atoms with E-state index in [9.17, 15) is 9.90 Å². The number of methoxy groups -OCH3 is 1. The monoisotopic (exact) mass is 479 g/mol. The summed E-state index contributed by atoms with van der Waals surface area (Å²) in [6.07, 6.45) is -0.627. The van der Waals surface area contributed by atoms with Crippen molar-refractivity contribution in [2.24, 2.45) is 0 Å². The summed E-state index contributed by atoms with van der Waals surface area (Å²) < 4.78 is 17.3. The first-order valence-corrected chi connectivity index (χ1v) is 11.8. The Morgan fingerprint density at radius 1 is 0.917 bits per heavy atom. The first-order valence-electron chi connectivity index (χ1n) is 11.8. The molecule has 0 bridgehead atoms. The molecule has 2 N–H and O–H groups in total. The van der Waals surface area contributed by atoms with E-state index in [0.717, 1.165) is 22.4 Å². The second kappa shape index (κ2) is 8.73. The number of rotatable bonds is 6. The number of phenols is 1. The number of carbonyl (C=O) groups excluding carboxylic acids is 1. The molecule has 0 fully saturated rings. The fourth-order valence-corrected chi connectivity index (χ4v) is 5.58. The number of anilines is 1. The highest BCUT2D eigenvalue weighted by Gasteiger charge is 2.62. The quantitative estimate of drug-likeness (QED) is 0.372. The molecular weight excluding hydrogens is 454 g/mol. The van der Waals surface area contributed by atoms with Crippen LogP contribution in [0.4, 0.5) is 5.69 Å². The molecule has 0 saturated heterocycles. The zero-order chi connectivity index (χ0) is 24.7. The summed E-state index contributed by atoms with van der Waals surface area (Å²) >= 11 is 0. The normalized spacial score (nSPS) is 19.6. The van der Waals surface area contributed by atoms with Gasteiger partial charge in [-0.3, -0.25) is 4.79 Å². The molecule has 6 nitrogen and oxygen atoms in total. The number of para-hydroxylation sites is 1. The molecule has 36 heavy (non-hydrogen) atoms. The van der Waals surface area contributed by atoms with Gasteiger partial charge >= 0.3 is 0 Å². The Morgan fingerprint density at radius 2 is 1.56 bits per heavy atom. The molecule has 0 radical (unpaired) electrons. The maximum atomic E-state index is 14.0. The lowest BCUT2D eigenvalue weighted by molar-refractivity contribution is -0.121. The average molecular weight is 480 g/mol. The lowest BCUT2D eigenvalue weighted by Gasteiger charge is -2.35. The van der Waals surface area contributed by atoms with Gasteiger partial charge in [-0.05, 0) is 28.8 Å². The highest BCUT2D eigenvalue weighted by molar-refractivity contribution is 6.10. The Kier molecular flexibility index (Phi) is 5.38. The molecule has 0 saturated carbocycles. The zero-order valence-electron chi connectivity index (χ0n) is 19.7. The van der Waals surface area contributed by atoms with Gasteiger partial charge in [0.2, 0.25) is 5.91 Å². The van der Waals surface area contributed by atoms with E-state index in [1.807, 2.05) is 60.7 Å². The van der Waals surface area contributed by atoms with Crippen molar-refractivity contribution in [3.8, 4) is 17.2 Å². The summed E-state index contributed by atoms with van der Waals surface area (Å²) in [4.78, 5) is 14.0. The Hall–Kier alpha value is -4.29. The van der Waals surface area contributed by atoms with E-state index in [1.165, 1.54) is 7.11 Å². The molecule has 1 unspecified atom stereocenters. The van der Waals surface area contributed by atoms with E-state index in [2.05, 4.69) is 29.6 Å². The minimum Gasteiger partial charge on any atom is -0.504 e. The maximum absolute atomic E-state index is 14.0. The smallest absolute Gasteiger partial charge is 0.243 e. The van der Waals surface area contributed by atoms with Crippen LogP contribution in [0.5, 0.6) is 17.2 Å². The van der Waals surface area contributed by atoms with E-state index in [4.69, 9.17) is 14.2 Å². The fourth-order valence-electron chi connectivity index (χ4n) is 5.58. The fraction of sp³-hybridized carbons (Fsp3) is 0.167. The van der Waals surface area contributed by atoms with Crippen molar-refractivity contribution in [2.75, 3.05) is 19.2 Å². The van der Waals surface area contributed by atoms with Crippen LogP contribution in [0.3, 0.4) is 0 Å². The highest BCUT2D eigenvalue weighted by atomic mass is 16.7. The zero-order valence-corrected chi connectivity index (χ0v) is 19.7. The van der Waals surface area contributed by atoms with Crippen LogP contribution in [0.15, 0.2) is 97.1 Å². The number of ether oxygens (including phenoxy) is 3. The van der Waals surface area contributed by atoms with Crippen LogP contribution in [0.1, 0.15) is 28.2 Å². The second-order valence-corrected chi connectivity index (χ2v) is 9.01. The first-order chi connectivity index (χ1) is 17.6. The van der Waals surface area contributed by atoms with E-state index in [1.54, 1.807) is 12.1 Å². The van der Waals surface area contributed by atoms with Crippen LogP contribution >= 0.6 is 0 Å². The third-order valence-corrected chi connectivity index (χ3v) is 7.08. The summed E-state index contributed by atoms with van der Waals surface area (Å²) in [5.74, 6) is 0.181. The molecule has 1 amide bonds. The number of carbonyl (C=O) groups is 1. The molecule has 1 spiro atoms. The Morgan fingerprint density at radius 3 is 2.22 bits per heavy atom. The van der Waals surface area contributed by atoms with Crippen LogP contribution in [0, 0.1) is 0 Å². The summed E-state index contributed by atoms with van der Waals surface area (Å²) in [5.41, 5.74) is 3.04. The minimum absolute atomic E-state index is 0.0269. The van der Waals surface area contributed by atoms with Crippen molar-refractivity contribution in [1.82, 2.24) is 0 Å². The van der Waals surface area contributed by atoms with Gasteiger partial charge in [0, 0.05) is 30.3 Å². The molecule has 6 rings (SSSR count). The van der Waals surface area contributed by atoms with Crippen LogP contribution in [0.2, 0.25) is 0 Å². The Labute approximate surface area is 209 Å². The third-order valence-electron chi connectivity index (χ3n) is 7.08. The number of aromatic hydroxyl groups is 1. The second-order valence-electron chi connectivity index (χ2n) is 9.01. The minimum atomic E-state index is -1.18. The van der Waals surface area contributed by atoms with Crippen LogP contribution in [-0.4, -0.2) is 31.0 Å². The van der Waals surface area contributed by atoms with Gasteiger partial charge in [0.15, 0.2) is 18.3 Å². The lowest BCUT2D eigenvalue weighted by Crippen LogP contribution is -2.48. The van der Waals surface area contributed by atoms with Gasteiger partial charge in [-0.25, -0.2) is 0 Å². The predicted octanol–water partition coefficient (Wildman–Crippen LogP) is 5.21. The van der Waals surface area contributed by atoms with Crippen LogP contribution in [0.25, 0.3) is 0 Å². The Bertz CT molecular complexity index is 1380. The number of hydrogen-bond acceptors (Lipinski definition) is 5. The molecule has 6 heteroatoms. The van der Waals surface area contributed by atoms with Gasteiger partial charge in [-0.15, -0.1) is 0 Å². The maximum Gasteiger partial charge on any atom is 0.243 e. The molecule has 180 valence electrons. The summed E-state index contributed by atoms with van der Waals surface area (Å²) in [6.45, 7) is -0.0269. The number of hydrogen-bond donors (Lipinski definition) is 2. The number of phenolic OH excluding ortho intramolecular Hbond substituents is 1. The van der Waals surface area contributed by atoms with Gasteiger partial charge in [-0.2, -0.15) is 0 Å². The van der Waals surface area contributed by atoms with Gasteiger partial charge < -0.3 is 24.6 Å². The van der Waals surface area contributed by atoms with Crippen molar-refractivity contribution < 1.29 is 24.1 Å². The largest absolute Gasteiger partial charge is 0.504 e. The number of amides is 1. The van der Waals surface area contributed by atoms with E-state index in [-0.39, 0.29) is 30.1 Å². The van der Waals surface area contributed by atoms with E-state index < -0.39 is 11.5 Å². The Balaban J connectivity index is 1.62. The van der Waals surface area contributed by atoms with Crippen LogP contribution in [-0.2, 0) is 14.9 Å². The lowest BCUT2D eigenvalue weighted by atomic mass is 9.66. The highest BCUT2D eigenvalue weighted by Crippen LogP contribution is 2.58. The van der Waals surface area contributed by atoms with E-state index >= 15 is 0 Å². The number of fused-ring (bicyclic) bond motifs is 4.